The van der Waals surface area contributed by atoms with E-state index in [4.69, 9.17) is 0 Å². The van der Waals surface area contributed by atoms with Gasteiger partial charge in [-0.2, -0.15) is 34.8 Å². The van der Waals surface area contributed by atoms with Crippen LogP contribution < -0.4 is 9.50 Å². The molecular weight excluding hydrogens is 631 g/mol. The highest BCUT2D eigenvalue weighted by Crippen LogP contribution is 2.45. The molecule has 17 heteroatoms. The molecule has 0 aliphatic carbocycles. The number of aromatic amines is 1. The van der Waals surface area contributed by atoms with Crippen molar-refractivity contribution in [3.63, 3.8) is 0 Å². The van der Waals surface area contributed by atoms with E-state index >= 15 is 8.78 Å². The molecule has 0 spiro atoms. The number of fused-ring (bicyclic) bond motifs is 3. The second-order valence-electron chi connectivity index (χ2n) is 10.9. The molecule has 0 amide bonds. The molecule has 44 heavy (non-hydrogen) atoms. The van der Waals surface area contributed by atoms with Crippen LogP contribution >= 0.6 is 0 Å². The van der Waals surface area contributed by atoms with Gasteiger partial charge in [0.1, 0.15) is 17.4 Å². The summed E-state index contributed by atoms with van der Waals surface area (Å²) in [5, 5.41) is 3.10. The number of benzene rings is 2. The SMILES string of the molecule is C[C@@H]1Cc2c([nH]c3ccc(OS(=O)(=O)C(F)(F)F)cc23)[C@@H](c2c(F)cc(NC3CN(CCCF)C3)cc2F)N1CC(F)(F)F. The van der Waals surface area contributed by atoms with Crippen LogP contribution in [0.25, 0.3) is 10.9 Å². The largest absolute Gasteiger partial charge is 0.534 e. The Kier molecular flexibility index (Phi) is 8.52. The van der Waals surface area contributed by atoms with Gasteiger partial charge in [-0.05, 0) is 55.7 Å². The molecule has 1 saturated heterocycles. The normalized spacial score (nSPS) is 20.5. The molecule has 2 aliphatic rings. The van der Waals surface area contributed by atoms with E-state index in [9.17, 15) is 39.2 Å². The van der Waals surface area contributed by atoms with Crippen LogP contribution in [0.4, 0.5) is 45.2 Å². The predicted molar refractivity (Wildman–Crippen MR) is 142 cm³/mol. The topological polar surface area (TPSA) is 77.7 Å². The van der Waals surface area contributed by atoms with Gasteiger partial charge in [-0.3, -0.25) is 14.2 Å². The minimum absolute atomic E-state index is 0.0285. The van der Waals surface area contributed by atoms with Crippen molar-refractivity contribution < 1.29 is 52.1 Å². The van der Waals surface area contributed by atoms with Crippen LogP contribution in [-0.2, 0) is 16.5 Å². The summed E-state index contributed by atoms with van der Waals surface area (Å²) < 4.78 is 151. The summed E-state index contributed by atoms with van der Waals surface area (Å²) in [6.07, 6.45) is -4.51. The Bertz CT molecular complexity index is 1610. The molecule has 242 valence electrons. The predicted octanol–water partition coefficient (Wildman–Crippen LogP) is 6.03. The highest BCUT2D eigenvalue weighted by molar-refractivity contribution is 7.88. The molecule has 5 rings (SSSR count). The van der Waals surface area contributed by atoms with Crippen molar-refractivity contribution in [3.05, 3.63) is 58.8 Å². The van der Waals surface area contributed by atoms with E-state index in [0.29, 0.717) is 26.1 Å². The number of nitrogens with one attached hydrogen (secondary N) is 2. The lowest BCUT2D eigenvalue weighted by molar-refractivity contribution is -0.155. The number of H-pyrrole nitrogens is 1. The lowest BCUT2D eigenvalue weighted by Gasteiger charge is -2.41. The zero-order valence-corrected chi connectivity index (χ0v) is 23.8. The fourth-order valence-electron chi connectivity index (χ4n) is 5.82. The van der Waals surface area contributed by atoms with Gasteiger partial charge in [0.25, 0.3) is 0 Å². The Hall–Kier alpha value is -3.18. The number of nitrogens with zero attached hydrogens (tertiary/aromatic N) is 2. The molecule has 3 aromatic rings. The first-order valence-corrected chi connectivity index (χ1v) is 14.9. The molecule has 3 heterocycles. The van der Waals surface area contributed by atoms with Crippen LogP contribution in [0.1, 0.15) is 36.2 Å². The summed E-state index contributed by atoms with van der Waals surface area (Å²) in [7, 11) is -6.01. The zero-order valence-electron chi connectivity index (χ0n) is 23.0. The Balaban J connectivity index is 1.53. The Morgan fingerprint density at radius 3 is 2.30 bits per heavy atom. The number of hydrogen-bond acceptors (Lipinski definition) is 6. The maximum absolute atomic E-state index is 15.7. The van der Waals surface area contributed by atoms with Crippen molar-refractivity contribution in [3.8, 4) is 5.75 Å². The standard InChI is InChI=1S/C27H27F9N4O3S/c1-14-7-19-18-10-17(43-44(41,42)27(34,35)36)3-4-22(18)38-24(19)25(40(14)13-26(31,32)33)23-20(29)8-15(9-21(23)30)37-16-11-39(12-16)6-2-5-28/h3-4,8-10,14,16,25,37-38H,2,5-7,11-13H2,1H3/t14-,25-/m1/s1. The number of halogens is 9. The molecule has 0 saturated carbocycles. The van der Waals surface area contributed by atoms with Crippen LogP contribution in [0.5, 0.6) is 5.75 Å². The number of likely N-dealkylation sites (tertiary alicyclic amines) is 1. The van der Waals surface area contributed by atoms with Crippen LogP contribution in [0.2, 0.25) is 0 Å². The molecule has 7 nitrogen and oxygen atoms in total. The van der Waals surface area contributed by atoms with Gasteiger partial charge in [0, 0.05) is 53.5 Å². The Labute approximate surface area is 246 Å². The molecule has 1 fully saturated rings. The summed E-state index contributed by atoms with van der Waals surface area (Å²) in [5.74, 6) is -2.96. The lowest BCUT2D eigenvalue weighted by Crippen LogP contribution is -2.54. The smallest absolute Gasteiger partial charge is 0.380 e. The summed E-state index contributed by atoms with van der Waals surface area (Å²) in [6, 6.07) is 2.26. The monoisotopic (exact) mass is 658 g/mol. The average Bonchev–Trinajstić information content (AvgIpc) is 3.22. The number of aromatic nitrogens is 1. The third kappa shape index (κ3) is 6.44. The first kappa shape index (κ1) is 32.2. The van der Waals surface area contributed by atoms with Crippen molar-refractivity contribution in [2.75, 3.05) is 38.2 Å². The van der Waals surface area contributed by atoms with Gasteiger partial charge in [0.05, 0.1) is 25.3 Å². The zero-order chi connectivity index (χ0) is 32.2. The fourth-order valence-corrected chi connectivity index (χ4v) is 6.27. The maximum Gasteiger partial charge on any atom is 0.534 e. The molecule has 2 aliphatic heterocycles. The number of alkyl halides is 7. The fraction of sp³-hybridized carbons (Fsp3) is 0.481. The van der Waals surface area contributed by atoms with Gasteiger partial charge in [-0.1, -0.05) is 0 Å². The quantitative estimate of drug-likeness (QED) is 0.166. The Morgan fingerprint density at radius 1 is 1.05 bits per heavy atom. The number of anilines is 1. The molecule has 2 N–H and O–H groups in total. The van der Waals surface area contributed by atoms with Gasteiger partial charge >= 0.3 is 21.8 Å². The molecule has 0 bridgehead atoms. The molecular formula is C27H27F9N4O3S. The third-order valence-corrected chi connectivity index (χ3v) is 8.70. The third-order valence-electron chi connectivity index (χ3n) is 7.72. The van der Waals surface area contributed by atoms with E-state index in [1.807, 2.05) is 4.90 Å². The summed E-state index contributed by atoms with van der Waals surface area (Å²) in [5.41, 5.74) is -5.92. The molecule has 0 unspecified atom stereocenters. The van der Waals surface area contributed by atoms with Gasteiger partial charge in [0.15, 0.2) is 0 Å². The average molecular weight is 659 g/mol. The van der Waals surface area contributed by atoms with Crippen LogP contribution in [0.15, 0.2) is 30.3 Å². The second-order valence-corrected chi connectivity index (χ2v) is 12.5. The van der Waals surface area contributed by atoms with E-state index < -0.39 is 70.1 Å². The van der Waals surface area contributed by atoms with E-state index in [1.54, 1.807) is 0 Å². The summed E-state index contributed by atoms with van der Waals surface area (Å²) in [6.45, 7) is 0.972. The van der Waals surface area contributed by atoms with Gasteiger partial charge in [0.2, 0.25) is 0 Å². The van der Waals surface area contributed by atoms with Crippen molar-refractivity contribution in [1.82, 2.24) is 14.8 Å². The Morgan fingerprint density at radius 2 is 1.70 bits per heavy atom. The van der Waals surface area contributed by atoms with E-state index in [1.165, 1.54) is 13.0 Å². The van der Waals surface area contributed by atoms with Crippen molar-refractivity contribution >= 4 is 26.7 Å². The molecule has 2 aromatic carbocycles. The van der Waals surface area contributed by atoms with E-state index in [0.717, 1.165) is 29.2 Å². The highest BCUT2D eigenvalue weighted by Gasteiger charge is 2.49. The summed E-state index contributed by atoms with van der Waals surface area (Å²) in [4.78, 5) is 5.67. The first-order chi connectivity index (χ1) is 20.5. The molecule has 2 atom stereocenters. The molecule has 0 radical (unpaired) electrons. The van der Waals surface area contributed by atoms with Crippen LogP contribution in [0, 0.1) is 11.6 Å². The maximum atomic E-state index is 15.7. The summed E-state index contributed by atoms with van der Waals surface area (Å²) >= 11 is 0. The van der Waals surface area contributed by atoms with Gasteiger partial charge < -0.3 is 14.5 Å². The van der Waals surface area contributed by atoms with Gasteiger partial charge in [-0.15, -0.1) is 0 Å². The second kappa shape index (κ2) is 11.6. The van der Waals surface area contributed by atoms with Crippen LogP contribution in [-0.4, -0.2) is 79.8 Å². The van der Waals surface area contributed by atoms with E-state index in [2.05, 4.69) is 14.5 Å². The number of rotatable bonds is 9. The van der Waals surface area contributed by atoms with Crippen molar-refractivity contribution in [2.45, 2.75) is 49.6 Å². The van der Waals surface area contributed by atoms with E-state index in [-0.39, 0.29) is 40.3 Å². The number of hydrogen-bond donors (Lipinski definition) is 2. The highest BCUT2D eigenvalue weighted by atomic mass is 32.2. The van der Waals surface area contributed by atoms with Crippen molar-refractivity contribution in [2.24, 2.45) is 0 Å². The minimum Gasteiger partial charge on any atom is -0.380 e. The van der Waals surface area contributed by atoms with Gasteiger partial charge in [-0.25, -0.2) is 8.78 Å². The first-order valence-electron chi connectivity index (χ1n) is 13.5. The minimum atomic E-state index is -6.01. The van der Waals surface area contributed by atoms with Crippen molar-refractivity contribution in [1.29, 1.82) is 0 Å². The lowest BCUT2D eigenvalue weighted by atomic mass is 9.88. The van der Waals surface area contributed by atoms with Crippen LogP contribution in [0.3, 0.4) is 0 Å². The molecule has 1 aromatic heterocycles.